The number of aromatic nitrogens is 4. The van der Waals surface area contributed by atoms with Gasteiger partial charge >= 0.3 is 0 Å². The normalized spacial score (nSPS) is 16.8. The molecule has 1 atom stereocenters. The number of para-hydroxylation sites is 1. The lowest BCUT2D eigenvalue weighted by Crippen LogP contribution is -2.34. The Morgan fingerprint density at radius 1 is 1.38 bits per heavy atom. The minimum atomic E-state index is -0.105. The number of nitrogens with zero attached hydrogens (tertiary/aromatic N) is 4. The Bertz CT molecular complexity index is 939. The van der Waals surface area contributed by atoms with Crippen molar-refractivity contribution in [1.82, 2.24) is 24.6 Å². The zero-order valence-electron chi connectivity index (χ0n) is 15.6. The van der Waals surface area contributed by atoms with Crippen LogP contribution in [0.2, 0.25) is 0 Å². The number of carbonyl (C=O) groups is 1. The second-order valence-corrected chi connectivity index (χ2v) is 7.45. The van der Waals surface area contributed by atoms with Crippen molar-refractivity contribution < 1.29 is 4.79 Å². The molecule has 2 heterocycles. The molecule has 3 aromatic rings. The predicted molar refractivity (Wildman–Crippen MR) is 101 cm³/mol. The third-order valence-corrected chi connectivity index (χ3v) is 5.37. The number of carbonyl (C=O) groups excluding carboxylic acids is 1. The molecule has 1 amide bonds. The highest BCUT2D eigenvalue weighted by atomic mass is 16.2. The van der Waals surface area contributed by atoms with Crippen LogP contribution in [0.25, 0.3) is 10.9 Å². The molecule has 1 N–H and O–H groups in total. The zero-order valence-corrected chi connectivity index (χ0v) is 15.6. The SMILES string of the molecule is CC(C)n1cnnc1CN(C)C(=O)[C@H]1CCCc2c1[nH]c1ccccc21. The fourth-order valence-electron chi connectivity index (χ4n) is 4.03. The smallest absolute Gasteiger partial charge is 0.231 e. The van der Waals surface area contributed by atoms with E-state index in [-0.39, 0.29) is 17.9 Å². The average molecular weight is 351 g/mol. The number of nitrogens with one attached hydrogen (secondary N) is 1. The highest BCUT2D eigenvalue weighted by molar-refractivity contribution is 5.90. The molecule has 6 heteroatoms. The molecule has 4 rings (SSSR count). The van der Waals surface area contributed by atoms with Gasteiger partial charge < -0.3 is 14.5 Å². The molecule has 0 spiro atoms. The first-order chi connectivity index (χ1) is 12.6. The van der Waals surface area contributed by atoms with Gasteiger partial charge in [0.1, 0.15) is 6.33 Å². The van der Waals surface area contributed by atoms with Crippen LogP contribution in [0.5, 0.6) is 0 Å². The fourth-order valence-corrected chi connectivity index (χ4v) is 4.03. The largest absolute Gasteiger partial charge is 0.357 e. The van der Waals surface area contributed by atoms with Gasteiger partial charge in [-0.05, 0) is 44.7 Å². The van der Waals surface area contributed by atoms with E-state index >= 15 is 0 Å². The van der Waals surface area contributed by atoms with Crippen LogP contribution < -0.4 is 0 Å². The van der Waals surface area contributed by atoms with Gasteiger partial charge in [-0.25, -0.2) is 0 Å². The van der Waals surface area contributed by atoms with Gasteiger partial charge in [0, 0.05) is 29.7 Å². The van der Waals surface area contributed by atoms with Crippen LogP contribution >= 0.6 is 0 Å². The number of hydrogen-bond acceptors (Lipinski definition) is 3. The Kier molecular flexibility index (Phi) is 4.26. The Morgan fingerprint density at radius 3 is 3.00 bits per heavy atom. The van der Waals surface area contributed by atoms with E-state index in [0.29, 0.717) is 6.54 Å². The maximum absolute atomic E-state index is 13.2. The second-order valence-electron chi connectivity index (χ2n) is 7.45. The van der Waals surface area contributed by atoms with Crippen molar-refractivity contribution in [3.05, 3.63) is 47.7 Å². The Hall–Kier alpha value is -2.63. The van der Waals surface area contributed by atoms with Gasteiger partial charge in [0.25, 0.3) is 0 Å². The topological polar surface area (TPSA) is 66.8 Å². The van der Waals surface area contributed by atoms with Crippen molar-refractivity contribution in [3.8, 4) is 0 Å². The Morgan fingerprint density at radius 2 is 2.19 bits per heavy atom. The summed E-state index contributed by atoms with van der Waals surface area (Å²) in [5.74, 6) is 0.867. The molecule has 0 saturated heterocycles. The van der Waals surface area contributed by atoms with Crippen LogP contribution in [0.15, 0.2) is 30.6 Å². The van der Waals surface area contributed by atoms with E-state index < -0.39 is 0 Å². The van der Waals surface area contributed by atoms with Gasteiger partial charge in [-0.1, -0.05) is 18.2 Å². The molecule has 1 aromatic carbocycles. The summed E-state index contributed by atoms with van der Waals surface area (Å²) in [6.45, 7) is 4.65. The highest BCUT2D eigenvalue weighted by Crippen LogP contribution is 2.37. The molecule has 1 aliphatic carbocycles. The van der Waals surface area contributed by atoms with Crippen LogP contribution in [0.3, 0.4) is 0 Å². The molecule has 0 fully saturated rings. The van der Waals surface area contributed by atoms with Crippen molar-refractivity contribution in [3.63, 3.8) is 0 Å². The number of benzene rings is 1. The number of aryl methyl sites for hydroxylation is 1. The summed E-state index contributed by atoms with van der Waals surface area (Å²) in [5.41, 5.74) is 3.53. The van der Waals surface area contributed by atoms with E-state index in [1.54, 1.807) is 11.2 Å². The minimum absolute atomic E-state index is 0.105. The Balaban J connectivity index is 1.60. The van der Waals surface area contributed by atoms with Crippen molar-refractivity contribution >= 4 is 16.8 Å². The molecule has 0 aliphatic heterocycles. The molecule has 26 heavy (non-hydrogen) atoms. The minimum Gasteiger partial charge on any atom is -0.357 e. The van der Waals surface area contributed by atoms with E-state index in [2.05, 4.69) is 47.2 Å². The number of H-pyrrole nitrogens is 1. The lowest BCUT2D eigenvalue weighted by molar-refractivity contribution is -0.132. The van der Waals surface area contributed by atoms with Gasteiger partial charge in [0.2, 0.25) is 5.91 Å². The Labute approximate surface area is 153 Å². The molecule has 0 unspecified atom stereocenters. The summed E-state index contributed by atoms with van der Waals surface area (Å²) >= 11 is 0. The van der Waals surface area contributed by atoms with Gasteiger partial charge in [-0.15, -0.1) is 10.2 Å². The quantitative estimate of drug-likeness (QED) is 0.783. The molecule has 136 valence electrons. The summed E-state index contributed by atoms with van der Waals surface area (Å²) in [6, 6.07) is 8.60. The van der Waals surface area contributed by atoms with E-state index in [0.717, 1.165) is 36.3 Å². The molecule has 6 nitrogen and oxygen atoms in total. The third-order valence-electron chi connectivity index (χ3n) is 5.37. The average Bonchev–Trinajstić information content (AvgIpc) is 3.25. The number of rotatable bonds is 4. The molecule has 2 aromatic heterocycles. The molecule has 1 aliphatic rings. The maximum Gasteiger partial charge on any atom is 0.231 e. The lowest BCUT2D eigenvalue weighted by Gasteiger charge is -2.27. The summed E-state index contributed by atoms with van der Waals surface area (Å²) in [5, 5.41) is 9.45. The van der Waals surface area contributed by atoms with Crippen molar-refractivity contribution in [2.24, 2.45) is 0 Å². The molecule has 0 radical (unpaired) electrons. The van der Waals surface area contributed by atoms with Gasteiger partial charge in [0.15, 0.2) is 5.82 Å². The molecule has 0 saturated carbocycles. The number of aromatic amines is 1. The van der Waals surface area contributed by atoms with Crippen LogP contribution in [0.1, 0.15) is 55.7 Å². The first-order valence-electron chi connectivity index (χ1n) is 9.29. The number of fused-ring (bicyclic) bond motifs is 3. The zero-order chi connectivity index (χ0) is 18.3. The summed E-state index contributed by atoms with van der Waals surface area (Å²) < 4.78 is 2.01. The number of likely N-dealkylation sites (N-methyl/N-ethyl adjacent to an activating group) is 1. The van der Waals surface area contributed by atoms with Crippen LogP contribution in [0.4, 0.5) is 0 Å². The van der Waals surface area contributed by atoms with Crippen molar-refractivity contribution in [1.29, 1.82) is 0 Å². The summed E-state index contributed by atoms with van der Waals surface area (Å²) in [6.07, 6.45) is 4.70. The molecular formula is C20H25N5O. The monoisotopic (exact) mass is 351 g/mol. The maximum atomic E-state index is 13.2. The number of hydrogen-bond donors (Lipinski definition) is 1. The van der Waals surface area contributed by atoms with Crippen LogP contribution in [-0.4, -0.2) is 37.6 Å². The van der Waals surface area contributed by atoms with E-state index in [4.69, 9.17) is 0 Å². The van der Waals surface area contributed by atoms with E-state index in [1.807, 2.05) is 17.7 Å². The van der Waals surface area contributed by atoms with Crippen molar-refractivity contribution in [2.45, 2.75) is 51.6 Å². The van der Waals surface area contributed by atoms with E-state index in [9.17, 15) is 4.79 Å². The van der Waals surface area contributed by atoms with E-state index in [1.165, 1.54) is 10.9 Å². The van der Waals surface area contributed by atoms with Crippen molar-refractivity contribution in [2.75, 3.05) is 7.05 Å². The highest BCUT2D eigenvalue weighted by Gasteiger charge is 2.31. The third kappa shape index (κ3) is 2.79. The number of amides is 1. The second kappa shape index (κ2) is 6.59. The van der Waals surface area contributed by atoms with Crippen LogP contribution in [-0.2, 0) is 17.8 Å². The first-order valence-corrected chi connectivity index (χ1v) is 9.29. The van der Waals surface area contributed by atoms with Crippen LogP contribution in [0, 0.1) is 0 Å². The lowest BCUT2D eigenvalue weighted by atomic mass is 9.86. The summed E-state index contributed by atoms with van der Waals surface area (Å²) in [4.78, 5) is 18.5. The molecule has 0 bridgehead atoms. The van der Waals surface area contributed by atoms with Gasteiger partial charge in [-0.2, -0.15) is 0 Å². The first kappa shape index (κ1) is 16.8. The molecular weight excluding hydrogens is 326 g/mol. The fraction of sp³-hybridized carbons (Fsp3) is 0.450. The predicted octanol–water partition coefficient (Wildman–Crippen LogP) is 3.42. The standard InChI is InChI=1S/C20H25N5O/c1-13(2)25-12-21-23-18(25)11-24(3)20(26)16-9-6-8-15-14-7-4-5-10-17(14)22-19(15)16/h4-5,7,10,12-13,16,22H,6,8-9,11H2,1-3H3/t16-/m0/s1. The summed E-state index contributed by atoms with van der Waals surface area (Å²) in [7, 11) is 1.86. The van der Waals surface area contributed by atoms with Gasteiger partial charge in [-0.3, -0.25) is 4.79 Å². The van der Waals surface area contributed by atoms with Gasteiger partial charge in [0.05, 0.1) is 12.5 Å².